The van der Waals surface area contributed by atoms with Gasteiger partial charge in [-0.05, 0) is 59.8 Å². The minimum absolute atomic E-state index is 0.00256. The lowest BCUT2D eigenvalue weighted by atomic mass is 9.69. The van der Waals surface area contributed by atoms with E-state index in [9.17, 15) is 14.7 Å². The summed E-state index contributed by atoms with van der Waals surface area (Å²) >= 11 is 0. The molecule has 1 amide bonds. The van der Waals surface area contributed by atoms with Crippen molar-refractivity contribution in [3.8, 4) is 0 Å². The van der Waals surface area contributed by atoms with Crippen molar-refractivity contribution in [2.45, 2.75) is 77.0 Å². The number of piperidine rings is 1. The molecule has 8 nitrogen and oxygen atoms in total. The van der Waals surface area contributed by atoms with Gasteiger partial charge in [-0.2, -0.15) is 0 Å². The molecule has 1 saturated carbocycles. The smallest absolute Gasteiger partial charge is 0.410 e. The largest absolute Gasteiger partial charge is 0.476 e. The van der Waals surface area contributed by atoms with Crippen LogP contribution in [0.4, 0.5) is 4.79 Å². The van der Waals surface area contributed by atoms with E-state index in [0.29, 0.717) is 18.7 Å². The predicted octanol–water partition coefficient (Wildman–Crippen LogP) is 2.78. The van der Waals surface area contributed by atoms with Crippen molar-refractivity contribution in [2.75, 3.05) is 6.54 Å². The number of ether oxygens (including phenoxy) is 1. The summed E-state index contributed by atoms with van der Waals surface area (Å²) in [6.07, 6.45) is 4.19. The summed E-state index contributed by atoms with van der Waals surface area (Å²) in [5.41, 5.74) is -0.153. The second-order valence-electron chi connectivity index (χ2n) is 8.13. The summed E-state index contributed by atoms with van der Waals surface area (Å²) in [5.74, 6) is -1.06. The number of amides is 1. The molecule has 0 radical (unpaired) electrons. The minimum Gasteiger partial charge on any atom is -0.476 e. The lowest BCUT2D eigenvalue weighted by molar-refractivity contribution is -0.0544. The van der Waals surface area contributed by atoms with Crippen LogP contribution in [-0.4, -0.2) is 54.7 Å². The molecule has 1 aromatic heterocycles. The highest BCUT2D eigenvalue weighted by Crippen LogP contribution is 2.48. The summed E-state index contributed by atoms with van der Waals surface area (Å²) in [4.78, 5) is 25.7. The first kappa shape index (κ1) is 17.7. The van der Waals surface area contributed by atoms with Crippen molar-refractivity contribution >= 4 is 12.1 Å². The zero-order chi connectivity index (χ0) is 18.4. The van der Waals surface area contributed by atoms with Crippen LogP contribution >= 0.6 is 0 Å². The van der Waals surface area contributed by atoms with Crippen LogP contribution in [0.2, 0.25) is 0 Å². The van der Waals surface area contributed by atoms with Gasteiger partial charge in [0.05, 0.1) is 11.7 Å². The number of hydrogen-bond donors (Lipinski definition) is 1. The van der Waals surface area contributed by atoms with Crippen molar-refractivity contribution in [1.82, 2.24) is 19.9 Å². The molecule has 2 heterocycles. The molecule has 1 unspecified atom stereocenters. The average molecular weight is 350 g/mol. The van der Waals surface area contributed by atoms with Gasteiger partial charge in [0.1, 0.15) is 5.60 Å². The summed E-state index contributed by atoms with van der Waals surface area (Å²) in [6, 6.07) is 0.0552. The lowest BCUT2D eigenvalue weighted by Crippen LogP contribution is -2.61. The molecular formula is C17H26N4O4. The van der Waals surface area contributed by atoms with Gasteiger partial charge in [-0.3, -0.25) is 0 Å². The van der Waals surface area contributed by atoms with Gasteiger partial charge < -0.3 is 14.7 Å². The zero-order valence-electron chi connectivity index (χ0n) is 15.3. The number of carbonyl (C=O) groups excluding carboxylic acids is 1. The van der Waals surface area contributed by atoms with E-state index < -0.39 is 11.6 Å². The first-order valence-corrected chi connectivity index (χ1v) is 8.79. The van der Waals surface area contributed by atoms with Gasteiger partial charge in [-0.1, -0.05) is 5.21 Å². The molecule has 2 fully saturated rings. The van der Waals surface area contributed by atoms with Gasteiger partial charge in [-0.15, -0.1) is 5.10 Å². The van der Waals surface area contributed by atoms with Gasteiger partial charge in [0, 0.05) is 12.1 Å². The van der Waals surface area contributed by atoms with E-state index in [1.807, 2.05) is 25.7 Å². The molecule has 1 N–H and O–H groups in total. The fourth-order valence-corrected chi connectivity index (χ4v) is 3.92. The molecule has 25 heavy (non-hydrogen) atoms. The number of rotatable bonds is 2. The Hall–Kier alpha value is -2.12. The highest BCUT2D eigenvalue weighted by molar-refractivity contribution is 5.86. The molecule has 1 spiro atoms. The van der Waals surface area contributed by atoms with Crippen molar-refractivity contribution in [1.29, 1.82) is 0 Å². The molecule has 8 heteroatoms. The molecule has 1 atom stereocenters. The number of nitrogens with zero attached hydrogens (tertiary/aromatic N) is 4. The molecule has 138 valence electrons. The van der Waals surface area contributed by atoms with Crippen LogP contribution in [-0.2, 0) is 4.74 Å². The van der Waals surface area contributed by atoms with Gasteiger partial charge in [0.2, 0.25) is 0 Å². The monoisotopic (exact) mass is 350 g/mol. The predicted molar refractivity (Wildman–Crippen MR) is 89.5 cm³/mol. The molecule has 1 aliphatic heterocycles. The number of likely N-dealkylation sites (tertiary alicyclic amines) is 1. The van der Waals surface area contributed by atoms with Crippen LogP contribution in [0.1, 0.15) is 75.1 Å². The maximum absolute atomic E-state index is 12.6. The second-order valence-corrected chi connectivity index (χ2v) is 8.13. The Kier molecular flexibility index (Phi) is 4.25. The van der Waals surface area contributed by atoms with Gasteiger partial charge >= 0.3 is 12.1 Å². The first-order chi connectivity index (χ1) is 11.6. The van der Waals surface area contributed by atoms with E-state index in [0.717, 1.165) is 25.7 Å². The third-order valence-electron chi connectivity index (χ3n) is 5.25. The van der Waals surface area contributed by atoms with Gasteiger partial charge in [-0.25, -0.2) is 14.3 Å². The number of aromatic carboxylic acids is 1. The van der Waals surface area contributed by atoms with Crippen LogP contribution in [0.25, 0.3) is 0 Å². The van der Waals surface area contributed by atoms with E-state index in [2.05, 4.69) is 10.3 Å². The fourth-order valence-electron chi connectivity index (χ4n) is 3.92. The van der Waals surface area contributed by atoms with Gasteiger partial charge in [0.25, 0.3) is 0 Å². The minimum atomic E-state index is -1.06. The number of carboxylic acids is 1. The number of aromatic nitrogens is 3. The van der Waals surface area contributed by atoms with Crippen LogP contribution in [0.3, 0.4) is 0 Å². The number of hydrogen-bond acceptors (Lipinski definition) is 5. The van der Waals surface area contributed by atoms with E-state index >= 15 is 0 Å². The number of carbonyl (C=O) groups is 2. The van der Waals surface area contributed by atoms with Crippen molar-refractivity contribution in [2.24, 2.45) is 0 Å². The summed E-state index contributed by atoms with van der Waals surface area (Å²) in [7, 11) is 0. The Balaban J connectivity index is 1.79. The molecule has 3 rings (SSSR count). The van der Waals surface area contributed by atoms with E-state index in [4.69, 9.17) is 4.74 Å². The van der Waals surface area contributed by atoms with E-state index in [1.165, 1.54) is 0 Å². The lowest BCUT2D eigenvalue weighted by Gasteiger charge is -2.54. The molecule has 1 aromatic rings. The van der Waals surface area contributed by atoms with Crippen molar-refractivity contribution < 1.29 is 19.4 Å². The zero-order valence-corrected chi connectivity index (χ0v) is 15.3. The summed E-state index contributed by atoms with van der Waals surface area (Å²) in [5, 5.41) is 17.0. The van der Waals surface area contributed by atoms with E-state index in [1.54, 1.807) is 11.6 Å². The van der Waals surface area contributed by atoms with Crippen LogP contribution in [0.5, 0.6) is 0 Å². The maximum atomic E-state index is 12.6. The molecular weight excluding hydrogens is 324 g/mol. The fraction of sp³-hybridized carbons (Fsp3) is 0.765. The van der Waals surface area contributed by atoms with Gasteiger partial charge in [0.15, 0.2) is 5.69 Å². The van der Waals surface area contributed by atoms with Crippen LogP contribution in [0, 0.1) is 6.92 Å². The quantitative estimate of drug-likeness (QED) is 0.881. The molecule has 1 aliphatic carbocycles. The molecule has 1 saturated heterocycles. The standard InChI is InChI=1S/C17H26N4O4/c1-11-13(14(22)23)18-19-21(11)12-6-9-20(15(24)25-16(2,3)4)17(10-12)7-5-8-17/h12H,5-10H2,1-4H3,(H,22,23). The molecule has 2 aliphatic rings. The van der Waals surface area contributed by atoms with Crippen molar-refractivity contribution in [3.63, 3.8) is 0 Å². The Bertz CT molecular complexity index is 687. The number of carboxylic acid groups (broad SMARTS) is 1. The highest BCUT2D eigenvalue weighted by Gasteiger charge is 2.50. The Morgan fingerprint density at radius 1 is 1.32 bits per heavy atom. The SMILES string of the molecule is Cc1c(C(=O)O)nnn1C1CCN(C(=O)OC(C)(C)C)C2(CCC2)C1. The third kappa shape index (κ3) is 3.21. The molecule has 0 aromatic carbocycles. The van der Waals surface area contributed by atoms with Crippen LogP contribution < -0.4 is 0 Å². The second kappa shape index (κ2) is 6.00. The normalized spacial score (nSPS) is 22.6. The summed E-state index contributed by atoms with van der Waals surface area (Å²) in [6.45, 7) is 7.93. The molecule has 0 bridgehead atoms. The highest BCUT2D eigenvalue weighted by atomic mass is 16.6. The topological polar surface area (TPSA) is 97.5 Å². The van der Waals surface area contributed by atoms with Crippen LogP contribution in [0.15, 0.2) is 0 Å². The van der Waals surface area contributed by atoms with Crippen molar-refractivity contribution in [3.05, 3.63) is 11.4 Å². The Morgan fingerprint density at radius 3 is 2.48 bits per heavy atom. The third-order valence-corrected chi connectivity index (χ3v) is 5.25. The first-order valence-electron chi connectivity index (χ1n) is 8.79. The van der Waals surface area contributed by atoms with E-state index in [-0.39, 0.29) is 23.4 Å². The summed E-state index contributed by atoms with van der Waals surface area (Å²) < 4.78 is 7.30. The average Bonchev–Trinajstić information content (AvgIpc) is 2.85. The maximum Gasteiger partial charge on any atom is 0.410 e. The Labute approximate surface area is 147 Å². The Morgan fingerprint density at radius 2 is 2.00 bits per heavy atom.